The van der Waals surface area contributed by atoms with Gasteiger partial charge in [-0.3, -0.25) is 9.59 Å². The maximum Gasteiger partial charge on any atom is 0.252 e. The zero-order valence-corrected chi connectivity index (χ0v) is 16.0. The van der Waals surface area contributed by atoms with Crippen LogP contribution >= 0.6 is 15.9 Å². The first kappa shape index (κ1) is 18.9. The van der Waals surface area contributed by atoms with E-state index >= 15 is 0 Å². The fraction of sp³-hybridized carbons (Fsp3) is 0.467. The lowest BCUT2D eigenvalue weighted by Crippen LogP contribution is -2.36. The van der Waals surface area contributed by atoms with Crippen LogP contribution in [0, 0.1) is 0 Å². The molecule has 132 valence electrons. The van der Waals surface area contributed by atoms with Crippen molar-refractivity contribution < 1.29 is 18.0 Å². The topological polar surface area (TPSA) is 86.8 Å². The first-order valence-corrected chi connectivity index (χ1v) is 9.75. The second-order valence-electron chi connectivity index (χ2n) is 5.72. The first-order valence-electron chi connectivity index (χ1n) is 7.51. The van der Waals surface area contributed by atoms with Crippen LogP contribution in [0.3, 0.4) is 0 Å². The molecule has 0 spiro atoms. The van der Waals surface area contributed by atoms with Gasteiger partial charge < -0.3 is 10.2 Å². The number of nitrogens with zero attached hydrogens (tertiary/aromatic N) is 2. The van der Waals surface area contributed by atoms with Crippen LogP contribution in [0.25, 0.3) is 0 Å². The highest BCUT2D eigenvalue weighted by atomic mass is 79.9. The number of sulfonamides is 1. The van der Waals surface area contributed by atoms with Crippen molar-refractivity contribution in [3.63, 3.8) is 0 Å². The van der Waals surface area contributed by atoms with Gasteiger partial charge in [0.1, 0.15) is 0 Å². The fourth-order valence-corrected chi connectivity index (χ4v) is 4.30. The number of amides is 2. The van der Waals surface area contributed by atoms with Gasteiger partial charge in [0.05, 0.1) is 17.0 Å². The third-order valence-electron chi connectivity index (χ3n) is 3.78. The number of hydrogen-bond donors (Lipinski definition) is 1. The molecule has 1 N–H and O–H groups in total. The summed E-state index contributed by atoms with van der Waals surface area (Å²) < 4.78 is 27.1. The zero-order chi connectivity index (χ0) is 17.9. The van der Waals surface area contributed by atoms with Crippen molar-refractivity contribution in [3.8, 4) is 0 Å². The molecule has 0 radical (unpaired) electrons. The summed E-state index contributed by atoms with van der Waals surface area (Å²) >= 11 is 3.25. The molecule has 0 saturated carbocycles. The maximum atomic E-state index is 12.6. The average Bonchev–Trinajstić information content (AvgIpc) is 3.07. The Balaban J connectivity index is 2.22. The average molecular weight is 418 g/mol. The Morgan fingerprint density at radius 1 is 1.25 bits per heavy atom. The second kappa shape index (κ2) is 7.62. The van der Waals surface area contributed by atoms with Crippen molar-refractivity contribution in [2.75, 3.05) is 33.7 Å². The molecule has 1 fully saturated rings. The summed E-state index contributed by atoms with van der Waals surface area (Å²) in [6.45, 7) is 0.843. The van der Waals surface area contributed by atoms with Crippen LogP contribution in [-0.4, -0.2) is 63.2 Å². The van der Waals surface area contributed by atoms with Gasteiger partial charge in [-0.05, 0) is 47.0 Å². The monoisotopic (exact) mass is 417 g/mol. The summed E-state index contributed by atoms with van der Waals surface area (Å²) in [6, 6.07) is 4.35. The third kappa shape index (κ3) is 4.14. The van der Waals surface area contributed by atoms with Crippen LogP contribution in [0.15, 0.2) is 27.6 Å². The number of carbonyl (C=O) groups excluding carboxylic acids is 2. The van der Waals surface area contributed by atoms with E-state index in [1.807, 2.05) is 0 Å². The molecule has 1 aromatic carbocycles. The number of rotatable bonds is 5. The zero-order valence-electron chi connectivity index (χ0n) is 13.6. The smallest absolute Gasteiger partial charge is 0.252 e. The lowest BCUT2D eigenvalue weighted by molar-refractivity contribution is -0.127. The Morgan fingerprint density at radius 3 is 2.46 bits per heavy atom. The third-order valence-corrected chi connectivity index (χ3v) is 6.37. The molecule has 2 rings (SSSR count). The van der Waals surface area contributed by atoms with E-state index in [2.05, 4.69) is 21.2 Å². The van der Waals surface area contributed by atoms with Crippen molar-refractivity contribution in [3.05, 3.63) is 28.2 Å². The minimum absolute atomic E-state index is 0.0803. The minimum atomic E-state index is -3.60. The summed E-state index contributed by atoms with van der Waals surface area (Å²) in [5, 5.41) is 2.50. The van der Waals surface area contributed by atoms with E-state index in [1.54, 1.807) is 14.1 Å². The normalized spacial score (nSPS) is 15.3. The minimum Gasteiger partial charge on any atom is -0.347 e. The SMILES string of the molecule is CN(C)C(=O)CNC(=O)c1cc(S(=O)(=O)N2CCCC2)ccc1Br. The van der Waals surface area contributed by atoms with Crippen molar-refractivity contribution in [2.45, 2.75) is 17.7 Å². The van der Waals surface area contributed by atoms with E-state index in [4.69, 9.17) is 0 Å². The molecule has 0 aromatic heterocycles. The van der Waals surface area contributed by atoms with Crippen LogP contribution in [0.1, 0.15) is 23.2 Å². The van der Waals surface area contributed by atoms with Gasteiger partial charge in [-0.2, -0.15) is 4.31 Å². The number of halogens is 1. The highest BCUT2D eigenvalue weighted by Gasteiger charge is 2.28. The van der Waals surface area contributed by atoms with E-state index in [-0.39, 0.29) is 22.9 Å². The summed E-state index contributed by atoms with van der Waals surface area (Å²) in [6.07, 6.45) is 1.69. The molecule has 1 aromatic rings. The van der Waals surface area contributed by atoms with E-state index in [1.165, 1.54) is 27.4 Å². The first-order chi connectivity index (χ1) is 11.2. The molecule has 0 atom stereocenters. The van der Waals surface area contributed by atoms with Gasteiger partial charge in [-0.15, -0.1) is 0 Å². The Morgan fingerprint density at radius 2 is 1.88 bits per heavy atom. The predicted molar refractivity (Wildman–Crippen MR) is 93.2 cm³/mol. The van der Waals surface area contributed by atoms with Crippen LogP contribution in [0.4, 0.5) is 0 Å². The highest BCUT2D eigenvalue weighted by molar-refractivity contribution is 9.10. The van der Waals surface area contributed by atoms with Crippen molar-refractivity contribution >= 4 is 37.8 Å². The van der Waals surface area contributed by atoms with Crippen LogP contribution in [0.2, 0.25) is 0 Å². The van der Waals surface area contributed by atoms with Gasteiger partial charge in [0.2, 0.25) is 15.9 Å². The molecule has 7 nitrogen and oxygen atoms in total. The molecule has 0 unspecified atom stereocenters. The molecule has 2 amide bonds. The van der Waals surface area contributed by atoms with E-state index in [0.29, 0.717) is 17.6 Å². The van der Waals surface area contributed by atoms with Gasteiger partial charge >= 0.3 is 0 Å². The maximum absolute atomic E-state index is 12.6. The second-order valence-corrected chi connectivity index (χ2v) is 8.52. The quantitative estimate of drug-likeness (QED) is 0.775. The molecule has 24 heavy (non-hydrogen) atoms. The molecule has 1 aliphatic heterocycles. The number of nitrogens with one attached hydrogen (secondary N) is 1. The largest absolute Gasteiger partial charge is 0.347 e. The number of carbonyl (C=O) groups is 2. The molecule has 1 heterocycles. The molecular formula is C15H20BrN3O4S. The van der Waals surface area contributed by atoms with E-state index < -0.39 is 15.9 Å². The van der Waals surface area contributed by atoms with Crippen molar-refractivity contribution in [1.29, 1.82) is 0 Å². The lowest BCUT2D eigenvalue weighted by Gasteiger charge is -2.16. The molecule has 9 heteroatoms. The Bertz CT molecular complexity index is 743. The lowest BCUT2D eigenvalue weighted by atomic mass is 10.2. The van der Waals surface area contributed by atoms with Crippen molar-refractivity contribution in [1.82, 2.24) is 14.5 Å². The number of benzene rings is 1. The summed E-state index contributed by atoms with van der Waals surface area (Å²) in [4.78, 5) is 25.3. The molecule has 0 aliphatic carbocycles. The van der Waals surface area contributed by atoms with Gasteiger partial charge in [-0.25, -0.2) is 8.42 Å². The van der Waals surface area contributed by atoms with Crippen LogP contribution < -0.4 is 5.32 Å². The molecule has 1 saturated heterocycles. The highest BCUT2D eigenvalue weighted by Crippen LogP contribution is 2.25. The Hall–Kier alpha value is -1.45. The Labute approximate surface area is 150 Å². The predicted octanol–water partition coefficient (Wildman–Crippen LogP) is 1.05. The van der Waals surface area contributed by atoms with Crippen LogP contribution in [-0.2, 0) is 14.8 Å². The fourth-order valence-electron chi connectivity index (χ4n) is 2.33. The van der Waals surface area contributed by atoms with Gasteiger partial charge in [0.25, 0.3) is 5.91 Å². The molecular weight excluding hydrogens is 398 g/mol. The summed E-state index contributed by atoms with van der Waals surface area (Å²) in [7, 11) is -0.417. The van der Waals surface area contributed by atoms with Gasteiger partial charge in [0, 0.05) is 31.7 Å². The van der Waals surface area contributed by atoms with Gasteiger partial charge in [0.15, 0.2) is 0 Å². The molecule has 1 aliphatic rings. The Kier molecular flexibility index (Phi) is 6.00. The van der Waals surface area contributed by atoms with Crippen molar-refractivity contribution in [2.24, 2.45) is 0 Å². The number of likely N-dealkylation sites (N-methyl/N-ethyl adjacent to an activating group) is 1. The standard InChI is InChI=1S/C15H20BrN3O4S/c1-18(2)14(20)10-17-15(21)12-9-11(5-6-13(12)16)24(22,23)19-7-3-4-8-19/h5-6,9H,3-4,7-8,10H2,1-2H3,(H,17,21). The van der Waals surface area contributed by atoms with Gasteiger partial charge in [-0.1, -0.05) is 0 Å². The summed E-state index contributed by atoms with van der Waals surface area (Å²) in [5.41, 5.74) is 0.182. The number of hydrogen-bond acceptors (Lipinski definition) is 4. The van der Waals surface area contributed by atoms with E-state index in [0.717, 1.165) is 12.8 Å². The van der Waals surface area contributed by atoms with E-state index in [9.17, 15) is 18.0 Å². The summed E-state index contributed by atoms with van der Waals surface area (Å²) in [5.74, 6) is -0.754. The van der Waals surface area contributed by atoms with Crippen LogP contribution in [0.5, 0.6) is 0 Å². The molecule has 0 bridgehead atoms.